The zero-order chi connectivity index (χ0) is 14.5. The van der Waals surface area contributed by atoms with Gasteiger partial charge in [-0.1, -0.05) is 44.2 Å². The second-order valence-electron chi connectivity index (χ2n) is 4.74. The summed E-state index contributed by atoms with van der Waals surface area (Å²) in [7, 11) is 0. The Hall–Kier alpha value is -1.40. The largest absolute Gasteiger partial charge is 0.414 e. The Balaban J connectivity index is 1.96. The maximum absolute atomic E-state index is 13.1. The second-order valence-corrected chi connectivity index (χ2v) is 5.66. The van der Waals surface area contributed by atoms with Crippen LogP contribution in [0.3, 0.4) is 0 Å². The van der Waals surface area contributed by atoms with E-state index in [0.29, 0.717) is 16.9 Å². The van der Waals surface area contributed by atoms with E-state index in [1.54, 1.807) is 6.07 Å². The van der Waals surface area contributed by atoms with Gasteiger partial charge in [0.25, 0.3) is 5.22 Å². The van der Waals surface area contributed by atoms with E-state index in [1.165, 1.54) is 23.9 Å². The van der Waals surface area contributed by atoms with Gasteiger partial charge in [0.05, 0.1) is 6.04 Å². The Morgan fingerprint density at radius 1 is 1.40 bits per heavy atom. The van der Waals surface area contributed by atoms with E-state index in [-0.39, 0.29) is 17.8 Å². The van der Waals surface area contributed by atoms with Crippen molar-refractivity contribution in [2.45, 2.75) is 37.3 Å². The van der Waals surface area contributed by atoms with Gasteiger partial charge in [-0.15, -0.1) is 10.2 Å². The summed E-state index contributed by atoms with van der Waals surface area (Å²) in [5.41, 5.74) is 6.91. The van der Waals surface area contributed by atoms with Crippen molar-refractivity contribution in [1.29, 1.82) is 0 Å². The molecule has 108 valence electrons. The van der Waals surface area contributed by atoms with Gasteiger partial charge in [0, 0.05) is 5.75 Å². The maximum atomic E-state index is 13.1. The topological polar surface area (TPSA) is 64.9 Å². The highest BCUT2D eigenvalue weighted by Gasteiger charge is 2.19. The van der Waals surface area contributed by atoms with Crippen LogP contribution in [0, 0.1) is 11.7 Å². The first-order valence-corrected chi connectivity index (χ1v) is 7.55. The molecule has 0 aliphatic carbocycles. The van der Waals surface area contributed by atoms with Gasteiger partial charge in [-0.3, -0.25) is 0 Å². The molecule has 6 heteroatoms. The van der Waals surface area contributed by atoms with Gasteiger partial charge in [-0.25, -0.2) is 4.39 Å². The fourth-order valence-electron chi connectivity index (χ4n) is 1.68. The molecule has 1 aromatic heterocycles. The smallest absolute Gasteiger partial charge is 0.276 e. The van der Waals surface area contributed by atoms with Crippen LogP contribution in [-0.4, -0.2) is 10.2 Å². The van der Waals surface area contributed by atoms with E-state index in [0.717, 1.165) is 12.0 Å². The van der Waals surface area contributed by atoms with Crippen LogP contribution in [0.5, 0.6) is 0 Å². The van der Waals surface area contributed by atoms with Gasteiger partial charge in [-0.05, 0) is 23.6 Å². The zero-order valence-corrected chi connectivity index (χ0v) is 12.4. The summed E-state index contributed by atoms with van der Waals surface area (Å²) in [4.78, 5) is 0. The molecule has 0 aliphatic rings. The number of hydrogen-bond donors (Lipinski definition) is 1. The Labute approximate surface area is 122 Å². The number of benzene rings is 1. The molecule has 2 N–H and O–H groups in total. The lowest BCUT2D eigenvalue weighted by atomic mass is 10.0. The monoisotopic (exact) mass is 295 g/mol. The van der Waals surface area contributed by atoms with Crippen LogP contribution in [0.1, 0.15) is 37.8 Å². The van der Waals surface area contributed by atoms with Crippen molar-refractivity contribution in [3.05, 3.63) is 41.5 Å². The predicted molar refractivity (Wildman–Crippen MR) is 76.6 cm³/mol. The first kappa shape index (κ1) is 15.0. The standard InChI is InChI=1S/C14H18FN3OS/c1-3-9(2)12(16)13-17-18-14(19-13)20-8-10-5-4-6-11(15)7-10/h4-7,9,12H,3,8,16H2,1-2H3/t9?,12-/m0/s1. The van der Waals surface area contributed by atoms with Gasteiger partial charge in [0.15, 0.2) is 0 Å². The number of rotatable bonds is 6. The Kier molecular flexibility index (Phi) is 5.14. The summed E-state index contributed by atoms with van der Waals surface area (Å²) in [6.45, 7) is 4.12. The minimum Gasteiger partial charge on any atom is -0.414 e. The zero-order valence-electron chi connectivity index (χ0n) is 11.5. The molecule has 2 atom stereocenters. The number of halogens is 1. The third kappa shape index (κ3) is 3.80. The first-order valence-electron chi connectivity index (χ1n) is 6.56. The minimum atomic E-state index is -0.242. The normalized spacial score (nSPS) is 14.2. The van der Waals surface area contributed by atoms with Crippen molar-refractivity contribution in [3.63, 3.8) is 0 Å². The molecule has 1 heterocycles. The molecule has 2 aromatic rings. The number of thioether (sulfide) groups is 1. The van der Waals surface area contributed by atoms with Crippen molar-refractivity contribution in [2.24, 2.45) is 11.7 Å². The second kappa shape index (κ2) is 6.85. The predicted octanol–water partition coefficient (Wildman–Crippen LogP) is 3.55. The summed E-state index contributed by atoms with van der Waals surface area (Å²) in [5, 5.41) is 8.40. The average Bonchev–Trinajstić information content (AvgIpc) is 2.92. The van der Waals surface area contributed by atoms with Crippen LogP contribution in [0.15, 0.2) is 33.9 Å². The molecule has 0 bridgehead atoms. The third-order valence-electron chi connectivity index (χ3n) is 3.22. The van der Waals surface area contributed by atoms with Crippen molar-refractivity contribution in [1.82, 2.24) is 10.2 Å². The van der Waals surface area contributed by atoms with Gasteiger partial charge in [-0.2, -0.15) is 0 Å². The van der Waals surface area contributed by atoms with Crippen LogP contribution in [-0.2, 0) is 5.75 Å². The molecule has 0 saturated carbocycles. The molecule has 0 spiro atoms. The number of nitrogens with zero attached hydrogens (tertiary/aromatic N) is 2. The van der Waals surface area contributed by atoms with E-state index in [2.05, 4.69) is 24.0 Å². The Morgan fingerprint density at radius 3 is 2.90 bits per heavy atom. The molecule has 2 rings (SSSR count). The highest BCUT2D eigenvalue weighted by atomic mass is 32.2. The van der Waals surface area contributed by atoms with Gasteiger partial charge < -0.3 is 10.2 Å². The highest BCUT2D eigenvalue weighted by molar-refractivity contribution is 7.98. The molecule has 0 amide bonds. The summed E-state index contributed by atoms with van der Waals surface area (Å²) >= 11 is 1.38. The van der Waals surface area contributed by atoms with Gasteiger partial charge >= 0.3 is 0 Å². The molecular formula is C14H18FN3OS. The molecule has 0 saturated heterocycles. The summed E-state index contributed by atoms with van der Waals surface area (Å²) < 4.78 is 18.6. The Bertz CT molecular complexity index is 561. The van der Waals surface area contributed by atoms with Gasteiger partial charge in [0.2, 0.25) is 5.89 Å². The molecule has 4 nitrogen and oxygen atoms in total. The van der Waals surface area contributed by atoms with E-state index >= 15 is 0 Å². The molecule has 0 radical (unpaired) electrons. The molecule has 0 fully saturated rings. The van der Waals surface area contributed by atoms with Crippen LogP contribution in [0.4, 0.5) is 4.39 Å². The van der Waals surface area contributed by atoms with Crippen LogP contribution in [0.2, 0.25) is 0 Å². The van der Waals surface area contributed by atoms with Crippen molar-refractivity contribution in [3.8, 4) is 0 Å². The average molecular weight is 295 g/mol. The van der Waals surface area contributed by atoms with Crippen LogP contribution >= 0.6 is 11.8 Å². The minimum absolute atomic E-state index is 0.240. The summed E-state index contributed by atoms with van der Waals surface area (Å²) in [6, 6.07) is 6.22. The molecule has 0 aliphatic heterocycles. The summed E-state index contributed by atoms with van der Waals surface area (Å²) in [6.07, 6.45) is 0.954. The van der Waals surface area contributed by atoms with Crippen LogP contribution < -0.4 is 5.73 Å². The van der Waals surface area contributed by atoms with E-state index in [4.69, 9.17) is 10.2 Å². The first-order chi connectivity index (χ1) is 9.60. The van der Waals surface area contributed by atoms with Crippen molar-refractivity contribution < 1.29 is 8.81 Å². The molecule has 1 unspecified atom stereocenters. The van der Waals surface area contributed by atoms with E-state index < -0.39 is 0 Å². The SMILES string of the molecule is CCC(C)[C@H](N)c1nnc(SCc2cccc(F)c2)o1. The van der Waals surface area contributed by atoms with Crippen LogP contribution in [0.25, 0.3) is 0 Å². The highest BCUT2D eigenvalue weighted by Crippen LogP contribution is 2.26. The van der Waals surface area contributed by atoms with E-state index in [9.17, 15) is 4.39 Å². The number of aromatic nitrogens is 2. The molecular weight excluding hydrogens is 277 g/mol. The van der Waals surface area contributed by atoms with E-state index in [1.807, 2.05) is 6.07 Å². The number of hydrogen-bond acceptors (Lipinski definition) is 5. The molecule has 1 aromatic carbocycles. The molecule has 20 heavy (non-hydrogen) atoms. The number of nitrogens with two attached hydrogens (primary N) is 1. The lowest BCUT2D eigenvalue weighted by molar-refractivity contribution is 0.333. The van der Waals surface area contributed by atoms with Crippen molar-refractivity contribution >= 4 is 11.8 Å². The fourth-order valence-corrected chi connectivity index (χ4v) is 2.40. The summed E-state index contributed by atoms with van der Waals surface area (Å²) in [5.74, 6) is 1.09. The quantitative estimate of drug-likeness (QED) is 0.826. The lowest BCUT2D eigenvalue weighted by Crippen LogP contribution is -2.18. The van der Waals surface area contributed by atoms with Gasteiger partial charge in [0.1, 0.15) is 5.82 Å². The third-order valence-corrected chi connectivity index (χ3v) is 4.11. The maximum Gasteiger partial charge on any atom is 0.276 e. The Morgan fingerprint density at radius 2 is 2.20 bits per heavy atom. The lowest BCUT2D eigenvalue weighted by Gasteiger charge is -2.13. The fraction of sp³-hybridized carbons (Fsp3) is 0.429. The van der Waals surface area contributed by atoms with Crippen molar-refractivity contribution in [2.75, 3.05) is 0 Å².